The number of carbonyl (C=O) groups excluding carboxylic acids is 1. The highest BCUT2D eigenvalue weighted by molar-refractivity contribution is 5.68. The standard InChI is InChI=1S/C32H49NO7/c1-23(2)9-8-12-31(6)25-21-32(13-15-33(16-14-32)29(35)40-30(3,4)5)22-38-27(25)24-10-7-11-26(28(24)39-31)37-20-19-36-18-17-34/h7,9-11,25,27,34H,8,12-22H2,1-6H3/t25-,27+,31-/m0/s1. The number of likely N-dealkylation sites (tertiary alicyclic amines) is 1. The van der Waals surface area contributed by atoms with Crippen molar-refractivity contribution >= 4 is 6.09 Å². The maximum absolute atomic E-state index is 12.7. The van der Waals surface area contributed by atoms with Gasteiger partial charge in [0, 0.05) is 24.6 Å². The number of hydrogen-bond acceptors (Lipinski definition) is 7. The van der Waals surface area contributed by atoms with Gasteiger partial charge >= 0.3 is 6.09 Å². The quantitative estimate of drug-likeness (QED) is 0.290. The highest BCUT2D eigenvalue weighted by Crippen LogP contribution is 2.58. The number of hydrogen-bond donors (Lipinski definition) is 1. The number of fused-ring (bicyclic) bond motifs is 3. The minimum atomic E-state index is -0.498. The smallest absolute Gasteiger partial charge is 0.410 e. The van der Waals surface area contributed by atoms with E-state index in [1.54, 1.807) is 0 Å². The van der Waals surface area contributed by atoms with Gasteiger partial charge in [0.25, 0.3) is 0 Å². The molecule has 8 nitrogen and oxygen atoms in total. The Labute approximate surface area is 239 Å². The van der Waals surface area contributed by atoms with Crippen LogP contribution in [0.3, 0.4) is 0 Å². The Morgan fingerprint density at radius 1 is 1.18 bits per heavy atom. The highest BCUT2D eigenvalue weighted by atomic mass is 16.6. The molecular weight excluding hydrogens is 510 g/mol. The molecule has 0 saturated carbocycles. The molecule has 0 unspecified atom stereocenters. The lowest BCUT2D eigenvalue weighted by Gasteiger charge is -2.55. The molecular formula is C32H49NO7. The predicted octanol–water partition coefficient (Wildman–Crippen LogP) is 6.07. The summed E-state index contributed by atoms with van der Waals surface area (Å²) in [5.41, 5.74) is 1.42. The van der Waals surface area contributed by atoms with Crippen molar-refractivity contribution in [3.63, 3.8) is 0 Å². The van der Waals surface area contributed by atoms with E-state index >= 15 is 0 Å². The molecule has 3 atom stereocenters. The van der Waals surface area contributed by atoms with E-state index in [1.807, 2.05) is 37.8 Å². The first-order valence-corrected chi connectivity index (χ1v) is 14.8. The van der Waals surface area contributed by atoms with Gasteiger partial charge in [-0.15, -0.1) is 0 Å². The molecule has 2 fully saturated rings. The summed E-state index contributed by atoms with van der Waals surface area (Å²) in [6.45, 7) is 15.3. The van der Waals surface area contributed by atoms with Crippen molar-refractivity contribution in [2.24, 2.45) is 11.3 Å². The first-order chi connectivity index (χ1) is 19.0. The number of aliphatic hydroxyl groups excluding tert-OH is 1. The number of aliphatic hydroxyl groups is 1. The zero-order chi connectivity index (χ0) is 29.0. The summed E-state index contributed by atoms with van der Waals surface area (Å²) in [7, 11) is 0. The van der Waals surface area contributed by atoms with Crippen LogP contribution in [-0.2, 0) is 14.2 Å². The van der Waals surface area contributed by atoms with Crippen LogP contribution >= 0.6 is 0 Å². The van der Waals surface area contributed by atoms with Gasteiger partial charge in [-0.2, -0.15) is 0 Å². The minimum Gasteiger partial charge on any atom is -0.487 e. The third kappa shape index (κ3) is 7.31. The maximum atomic E-state index is 12.7. The van der Waals surface area contributed by atoms with Gasteiger partial charge in [-0.3, -0.25) is 0 Å². The largest absolute Gasteiger partial charge is 0.487 e. The van der Waals surface area contributed by atoms with E-state index in [1.165, 1.54) is 5.57 Å². The topological polar surface area (TPSA) is 86.7 Å². The summed E-state index contributed by atoms with van der Waals surface area (Å²) < 4.78 is 30.8. The third-order valence-electron chi connectivity index (χ3n) is 8.41. The highest BCUT2D eigenvalue weighted by Gasteiger charge is 2.55. The second kappa shape index (κ2) is 12.7. The zero-order valence-corrected chi connectivity index (χ0v) is 25.3. The number of carbonyl (C=O) groups is 1. The first kappa shape index (κ1) is 30.7. The number of amides is 1. The molecule has 2 saturated heterocycles. The van der Waals surface area contributed by atoms with Gasteiger partial charge in [0.05, 0.1) is 32.5 Å². The van der Waals surface area contributed by atoms with Crippen LogP contribution in [0, 0.1) is 11.3 Å². The van der Waals surface area contributed by atoms with Gasteiger partial charge < -0.3 is 33.7 Å². The van der Waals surface area contributed by atoms with Gasteiger partial charge in [-0.25, -0.2) is 4.79 Å². The molecule has 3 heterocycles. The molecule has 0 aliphatic carbocycles. The van der Waals surface area contributed by atoms with Crippen molar-refractivity contribution in [2.45, 2.75) is 91.0 Å². The molecule has 1 spiro atoms. The van der Waals surface area contributed by atoms with Crippen molar-refractivity contribution in [1.29, 1.82) is 0 Å². The Morgan fingerprint density at radius 2 is 1.93 bits per heavy atom. The lowest BCUT2D eigenvalue weighted by Crippen LogP contribution is -2.56. The monoisotopic (exact) mass is 559 g/mol. The number of benzene rings is 1. The lowest BCUT2D eigenvalue weighted by atomic mass is 9.63. The summed E-state index contributed by atoms with van der Waals surface area (Å²) in [6.07, 6.45) is 6.54. The van der Waals surface area contributed by atoms with Crippen molar-refractivity contribution in [3.8, 4) is 11.5 Å². The molecule has 0 radical (unpaired) electrons. The number of allylic oxidation sites excluding steroid dienone is 2. The van der Waals surface area contributed by atoms with Crippen LogP contribution in [0.4, 0.5) is 4.79 Å². The molecule has 0 aromatic heterocycles. The Morgan fingerprint density at radius 3 is 2.60 bits per heavy atom. The van der Waals surface area contributed by atoms with Crippen molar-refractivity contribution < 1.29 is 33.6 Å². The summed E-state index contributed by atoms with van der Waals surface area (Å²) >= 11 is 0. The number of para-hydroxylation sites is 1. The molecule has 3 aliphatic rings. The fourth-order valence-electron chi connectivity index (χ4n) is 6.25. The van der Waals surface area contributed by atoms with Gasteiger partial charge in [-0.1, -0.05) is 23.8 Å². The van der Waals surface area contributed by atoms with Crippen molar-refractivity contribution in [3.05, 3.63) is 35.4 Å². The Hall–Kier alpha value is -2.29. The van der Waals surface area contributed by atoms with Crippen molar-refractivity contribution in [1.82, 2.24) is 4.90 Å². The maximum Gasteiger partial charge on any atom is 0.410 e. The van der Waals surface area contributed by atoms with E-state index in [0.29, 0.717) is 45.3 Å². The number of piperidine rings is 1. The van der Waals surface area contributed by atoms with E-state index in [2.05, 4.69) is 32.9 Å². The fourth-order valence-corrected chi connectivity index (χ4v) is 6.25. The average Bonchev–Trinajstić information content (AvgIpc) is 2.88. The summed E-state index contributed by atoms with van der Waals surface area (Å²) in [5.74, 6) is 1.64. The average molecular weight is 560 g/mol. The van der Waals surface area contributed by atoms with E-state index in [-0.39, 0.29) is 30.1 Å². The number of nitrogens with zero attached hydrogens (tertiary/aromatic N) is 1. The van der Waals surface area contributed by atoms with Crippen LogP contribution in [0.15, 0.2) is 29.8 Å². The lowest BCUT2D eigenvalue weighted by molar-refractivity contribution is -0.180. The molecule has 0 bridgehead atoms. The Bertz CT molecular complexity index is 1040. The molecule has 1 N–H and O–H groups in total. The van der Waals surface area contributed by atoms with Crippen molar-refractivity contribution in [2.75, 3.05) is 46.1 Å². The Balaban J connectivity index is 1.53. The third-order valence-corrected chi connectivity index (χ3v) is 8.41. The first-order valence-electron chi connectivity index (χ1n) is 14.8. The SMILES string of the molecule is CC(C)=CCC[C@]1(C)Oc2c(OCCOCCO)cccc2[C@H]2OCC3(CCN(C(=O)OC(C)(C)C)CC3)C[C@@H]21. The zero-order valence-electron chi connectivity index (χ0n) is 25.3. The summed E-state index contributed by atoms with van der Waals surface area (Å²) in [6, 6.07) is 6.04. The van der Waals surface area contributed by atoms with Crippen LogP contribution in [0.1, 0.15) is 85.3 Å². The van der Waals surface area contributed by atoms with E-state index in [0.717, 1.165) is 43.4 Å². The van der Waals surface area contributed by atoms with Crippen LogP contribution in [0.5, 0.6) is 11.5 Å². The number of ether oxygens (including phenoxy) is 5. The normalized spacial score (nSPS) is 25.4. The second-order valence-electron chi connectivity index (χ2n) is 13.1. The number of rotatable bonds is 9. The molecule has 1 aromatic carbocycles. The second-order valence-corrected chi connectivity index (χ2v) is 13.1. The van der Waals surface area contributed by atoms with Crippen LogP contribution in [0.25, 0.3) is 0 Å². The van der Waals surface area contributed by atoms with E-state index in [4.69, 9.17) is 28.8 Å². The molecule has 8 heteroatoms. The van der Waals surface area contributed by atoms with E-state index in [9.17, 15) is 4.79 Å². The summed E-state index contributed by atoms with van der Waals surface area (Å²) in [5, 5.41) is 8.96. The van der Waals surface area contributed by atoms with Gasteiger partial charge in [0.2, 0.25) is 0 Å². The minimum absolute atomic E-state index is 0.00514. The van der Waals surface area contributed by atoms with Crippen LogP contribution in [0.2, 0.25) is 0 Å². The predicted molar refractivity (Wildman–Crippen MR) is 154 cm³/mol. The van der Waals surface area contributed by atoms with Gasteiger partial charge in [0.15, 0.2) is 11.5 Å². The fraction of sp³-hybridized carbons (Fsp3) is 0.719. The molecule has 1 amide bonds. The Kier molecular flexibility index (Phi) is 9.74. The molecule has 1 aromatic rings. The van der Waals surface area contributed by atoms with Crippen LogP contribution in [-0.4, -0.2) is 73.4 Å². The van der Waals surface area contributed by atoms with Crippen LogP contribution < -0.4 is 9.47 Å². The van der Waals surface area contributed by atoms with Gasteiger partial charge in [-0.05, 0) is 85.1 Å². The molecule has 3 aliphatic heterocycles. The molecule has 224 valence electrons. The van der Waals surface area contributed by atoms with E-state index < -0.39 is 11.2 Å². The molecule has 40 heavy (non-hydrogen) atoms. The van der Waals surface area contributed by atoms with Gasteiger partial charge in [0.1, 0.15) is 17.8 Å². The molecule has 4 rings (SSSR count). The summed E-state index contributed by atoms with van der Waals surface area (Å²) in [4.78, 5) is 14.5.